The van der Waals surface area contributed by atoms with E-state index in [0.717, 1.165) is 32.1 Å². The van der Waals surface area contributed by atoms with Crippen molar-refractivity contribution in [1.29, 1.82) is 0 Å². The highest BCUT2D eigenvalue weighted by atomic mass is 16.7. The van der Waals surface area contributed by atoms with Crippen molar-refractivity contribution < 1.29 is 64.6 Å². The number of aliphatic hydroxyl groups is 8. The van der Waals surface area contributed by atoms with Gasteiger partial charge in [-0.25, -0.2) is 0 Å². The van der Waals surface area contributed by atoms with Crippen molar-refractivity contribution in [3.63, 3.8) is 0 Å². The summed E-state index contributed by atoms with van der Waals surface area (Å²) in [5.74, 6) is -0.242. The first kappa shape index (κ1) is 84.3. The van der Waals surface area contributed by atoms with Gasteiger partial charge in [0.2, 0.25) is 5.91 Å². The van der Waals surface area contributed by atoms with E-state index in [-0.39, 0.29) is 18.9 Å². The van der Waals surface area contributed by atoms with Gasteiger partial charge in [-0.05, 0) is 57.8 Å². The molecule has 14 heteroatoms. The fraction of sp³-hybridized carbons (Fsp3) is 0.908. The van der Waals surface area contributed by atoms with Crippen LogP contribution in [0.1, 0.15) is 348 Å². The predicted molar refractivity (Wildman–Crippen MR) is 369 cm³/mol. The Morgan fingerprint density at radius 1 is 0.389 bits per heavy atom. The Morgan fingerprint density at radius 2 is 0.711 bits per heavy atom. The van der Waals surface area contributed by atoms with Crippen LogP contribution in [0.5, 0.6) is 0 Å². The molecule has 1 amide bonds. The van der Waals surface area contributed by atoms with Crippen molar-refractivity contribution in [2.45, 2.75) is 421 Å². The maximum atomic E-state index is 13.3. The molecule has 0 spiro atoms. The molecule has 9 N–H and O–H groups in total. The molecule has 0 aliphatic carbocycles. The van der Waals surface area contributed by atoms with Crippen LogP contribution in [0, 0.1) is 0 Å². The van der Waals surface area contributed by atoms with Gasteiger partial charge in [0.1, 0.15) is 48.8 Å². The number of amides is 1. The maximum Gasteiger partial charge on any atom is 0.220 e. The van der Waals surface area contributed by atoms with E-state index < -0.39 is 86.8 Å². The summed E-state index contributed by atoms with van der Waals surface area (Å²) >= 11 is 0. The monoisotopic (exact) mass is 1280 g/mol. The largest absolute Gasteiger partial charge is 0.394 e. The summed E-state index contributed by atoms with van der Waals surface area (Å²) < 4.78 is 22.9. The number of carbonyl (C=O) groups excluding carboxylic acids is 1. The number of nitrogens with one attached hydrogen (secondary N) is 1. The summed E-state index contributed by atoms with van der Waals surface area (Å²) in [5, 5.41) is 87.5. The number of carbonyl (C=O) groups is 1. The lowest BCUT2D eigenvalue weighted by atomic mass is 9.97. The van der Waals surface area contributed by atoms with Crippen molar-refractivity contribution >= 4 is 5.91 Å². The third kappa shape index (κ3) is 44.0. The molecule has 0 aromatic carbocycles. The summed E-state index contributed by atoms with van der Waals surface area (Å²) in [6.07, 6.45) is 62.3. The number of unbranched alkanes of at least 4 members (excludes halogenated alkanes) is 47. The van der Waals surface area contributed by atoms with E-state index >= 15 is 0 Å². The molecule has 0 bridgehead atoms. The van der Waals surface area contributed by atoms with E-state index in [0.29, 0.717) is 12.8 Å². The van der Waals surface area contributed by atoms with E-state index in [1.807, 2.05) is 6.08 Å². The number of aliphatic hydroxyl groups excluding tert-OH is 8. The minimum atomic E-state index is -1.79. The highest BCUT2D eigenvalue weighted by Crippen LogP contribution is 2.30. The van der Waals surface area contributed by atoms with E-state index in [1.54, 1.807) is 6.08 Å². The average Bonchev–Trinajstić information content (AvgIpc) is 1.28. The third-order valence-corrected chi connectivity index (χ3v) is 18.8. The van der Waals surface area contributed by atoms with Crippen molar-refractivity contribution in [2.24, 2.45) is 0 Å². The van der Waals surface area contributed by atoms with Crippen LogP contribution in [0.4, 0.5) is 0 Å². The molecule has 12 atom stereocenters. The molecule has 0 saturated carbocycles. The van der Waals surface area contributed by atoms with Crippen LogP contribution in [0.3, 0.4) is 0 Å². The van der Waals surface area contributed by atoms with Gasteiger partial charge in [0.05, 0.1) is 32.0 Å². The fourth-order valence-corrected chi connectivity index (χ4v) is 12.7. The number of hydrogen-bond acceptors (Lipinski definition) is 13. The summed E-state index contributed by atoms with van der Waals surface area (Å²) in [4.78, 5) is 13.3. The minimum absolute atomic E-state index is 0.242. The smallest absolute Gasteiger partial charge is 0.220 e. The van der Waals surface area contributed by atoms with E-state index in [2.05, 4.69) is 43.5 Å². The number of rotatable bonds is 64. The molecule has 2 fully saturated rings. The number of allylic oxidation sites excluding steroid dienone is 5. The average molecular weight is 1280 g/mol. The molecule has 2 heterocycles. The Morgan fingerprint density at radius 3 is 1.09 bits per heavy atom. The van der Waals surface area contributed by atoms with Crippen molar-refractivity contribution in [2.75, 3.05) is 19.8 Å². The first-order chi connectivity index (χ1) is 44.1. The molecule has 2 aliphatic rings. The van der Waals surface area contributed by atoms with Crippen molar-refractivity contribution in [3.05, 3.63) is 36.5 Å². The molecule has 0 radical (unpaired) electrons. The Balaban J connectivity index is 1.61. The molecule has 2 rings (SSSR count). The van der Waals surface area contributed by atoms with Crippen LogP contribution >= 0.6 is 0 Å². The molecule has 0 aromatic rings. The van der Waals surface area contributed by atoms with Gasteiger partial charge in [-0.1, -0.05) is 320 Å². The minimum Gasteiger partial charge on any atom is -0.394 e. The van der Waals surface area contributed by atoms with Gasteiger partial charge < -0.3 is 65.1 Å². The Hall–Kier alpha value is -1.79. The molecular weight excluding hydrogens is 1130 g/mol. The second kappa shape index (κ2) is 60.8. The number of hydrogen-bond donors (Lipinski definition) is 9. The SMILES string of the molecule is CCCCCCCCCC/C=C\CCCCCCCCCCCCCCCCCCCCCCCCCC(=O)NC(COC1OC(CO)C(OC2OC(CO)C(O)C(O)C2O)C(O)C1O)C(O)/C=C/CC/C=C/CCCCCCCCCCCCCCCCC. The summed E-state index contributed by atoms with van der Waals surface area (Å²) in [5.41, 5.74) is 0. The zero-order valence-electron chi connectivity index (χ0n) is 57.9. The summed E-state index contributed by atoms with van der Waals surface area (Å²) in [6, 6.07) is -0.931. The van der Waals surface area contributed by atoms with Gasteiger partial charge in [0, 0.05) is 6.42 Å². The van der Waals surface area contributed by atoms with Gasteiger partial charge >= 0.3 is 0 Å². The molecule has 2 aliphatic heterocycles. The van der Waals surface area contributed by atoms with Crippen molar-refractivity contribution in [1.82, 2.24) is 5.32 Å². The molecule has 14 nitrogen and oxygen atoms in total. The van der Waals surface area contributed by atoms with Gasteiger partial charge in [0.25, 0.3) is 0 Å². The first-order valence-electron chi connectivity index (χ1n) is 38.2. The van der Waals surface area contributed by atoms with Crippen LogP contribution in [0.2, 0.25) is 0 Å². The number of ether oxygens (including phenoxy) is 4. The van der Waals surface area contributed by atoms with Gasteiger partial charge in [-0.2, -0.15) is 0 Å². The fourth-order valence-electron chi connectivity index (χ4n) is 12.7. The Labute approximate surface area is 551 Å². The summed E-state index contributed by atoms with van der Waals surface area (Å²) in [6.45, 7) is 2.83. The van der Waals surface area contributed by atoms with Crippen molar-refractivity contribution in [3.8, 4) is 0 Å². The van der Waals surface area contributed by atoms with Crippen LogP contribution in [0.15, 0.2) is 36.5 Å². The second-order valence-corrected chi connectivity index (χ2v) is 27.1. The molecule has 12 unspecified atom stereocenters. The lowest BCUT2D eigenvalue weighted by Gasteiger charge is -2.46. The second-order valence-electron chi connectivity index (χ2n) is 27.1. The highest BCUT2D eigenvalue weighted by Gasteiger charge is 2.51. The maximum absolute atomic E-state index is 13.3. The molecular formula is C76H143NO13. The van der Waals surface area contributed by atoms with Crippen LogP contribution in [-0.2, 0) is 23.7 Å². The topological polar surface area (TPSA) is 228 Å². The highest BCUT2D eigenvalue weighted by molar-refractivity contribution is 5.76. The van der Waals surface area contributed by atoms with Crippen LogP contribution < -0.4 is 5.32 Å². The van der Waals surface area contributed by atoms with Crippen LogP contribution in [0.25, 0.3) is 0 Å². The standard InChI is InChI=1S/C76H143NO13/c1-3-5-7-9-11-13-15-17-19-21-23-25-26-27-28-29-30-31-32-33-34-35-36-37-38-40-42-44-46-48-50-52-54-56-58-60-68(81)77-64(65(80)59-57-55-53-51-49-47-45-43-41-39-24-22-20-18-16-14-12-10-8-6-4-2)63-87-75-73(86)71(84)74(67(62-79)89-75)90-76-72(85)70(83)69(82)66(61-78)88-76/h21,23,49,51,57,59,64-67,69-76,78-80,82-86H,3-20,22,24-48,50,52-56,58,60-63H2,1-2H3,(H,77,81)/b23-21-,51-49+,59-57+. The summed E-state index contributed by atoms with van der Waals surface area (Å²) in [7, 11) is 0. The lowest BCUT2D eigenvalue weighted by molar-refractivity contribution is -0.359. The third-order valence-electron chi connectivity index (χ3n) is 18.8. The molecule has 90 heavy (non-hydrogen) atoms. The first-order valence-corrected chi connectivity index (χ1v) is 38.2. The quantitative estimate of drug-likeness (QED) is 0.0204. The molecule has 2 saturated heterocycles. The predicted octanol–water partition coefficient (Wildman–Crippen LogP) is 16.5. The van der Waals surface area contributed by atoms with Gasteiger partial charge in [-0.3, -0.25) is 4.79 Å². The molecule has 0 aromatic heterocycles. The Bertz CT molecular complexity index is 1650. The molecule has 530 valence electrons. The van der Waals surface area contributed by atoms with E-state index in [4.69, 9.17) is 18.9 Å². The lowest BCUT2D eigenvalue weighted by Crippen LogP contribution is -2.65. The van der Waals surface area contributed by atoms with E-state index in [9.17, 15) is 45.6 Å². The van der Waals surface area contributed by atoms with Gasteiger partial charge in [0.15, 0.2) is 12.6 Å². The normalized spacial score (nSPS) is 23.0. The zero-order chi connectivity index (χ0) is 65.2. The van der Waals surface area contributed by atoms with Crippen LogP contribution in [-0.4, -0.2) is 140 Å². The van der Waals surface area contributed by atoms with Gasteiger partial charge in [-0.15, -0.1) is 0 Å². The van der Waals surface area contributed by atoms with E-state index in [1.165, 1.54) is 283 Å². The Kier molecular flexibility index (Phi) is 57.0. The zero-order valence-corrected chi connectivity index (χ0v) is 57.9.